The summed E-state index contributed by atoms with van der Waals surface area (Å²) in [5.41, 5.74) is 2.04. The van der Waals surface area contributed by atoms with Crippen LogP contribution in [0.4, 0.5) is 4.79 Å². The number of carbonyl (C=O) groups is 2. The van der Waals surface area contributed by atoms with E-state index in [2.05, 4.69) is 0 Å². The summed E-state index contributed by atoms with van der Waals surface area (Å²) in [6.45, 7) is 0.270. The Balaban J connectivity index is 2.02. The van der Waals surface area contributed by atoms with Crippen molar-refractivity contribution in [2.24, 2.45) is 0 Å². The number of hydrogen-bond donors (Lipinski definition) is 3. The molecule has 2 saturated heterocycles. The third-order valence-corrected chi connectivity index (χ3v) is 3.48. The number of urea groups is 1. The molecule has 2 aliphatic rings. The zero-order chi connectivity index (χ0) is 13.5. The van der Waals surface area contributed by atoms with Crippen LogP contribution in [-0.2, 0) is 14.8 Å². The number of rotatable bonds is 3. The third-order valence-electron chi connectivity index (χ3n) is 3.01. The summed E-state index contributed by atoms with van der Waals surface area (Å²) in [4.78, 5) is 26.4. The van der Waals surface area contributed by atoms with E-state index in [0.29, 0.717) is 17.9 Å². The lowest BCUT2D eigenvalue weighted by Gasteiger charge is -2.28. The topological polar surface area (TPSA) is 119 Å². The second-order valence-corrected chi connectivity index (χ2v) is 6.14. The number of hydroxylamine groups is 2. The summed E-state index contributed by atoms with van der Waals surface area (Å²) < 4.78 is 21.7. The SMILES string of the molecule is CS(=O)(=O)NNC(=O)C1CCC2CN1C(=O)N2O. The van der Waals surface area contributed by atoms with E-state index in [9.17, 15) is 23.2 Å². The van der Waals surface area contributed by atoms with E-state index in [0.717, 1.165) is 6.26 Å². The summed E-state index contributed by atoms with van der Waals surface area (Å²) in [5, 5.41) is 10.0. The lowest BCUT2D eigenvalue weighted by Crippen LogP contribution is -2.53. The normalized spacial score (nSPS) is 27.6. The molecule has 0 radical (unpaired) electrons. The maximum atomic E-state index is 11.8. The number of amides is 3. The van der Waals surface area contributed by atoms with Crippen molar-refractivity contribution >= 4 is 22.0 Å². The minimum absolute atomic E-state index is 0.270. The van der Waals surface area contributed by atoms with Crippen LogP contribution >= 0.6 is 0 Å². The zero-order valence-electron chi connectivity index (χ0n) is 9.66. The molecule has 18 heavy (non-hydrogen) atoms. The van der Waals surface area contributed by atoms with Crippen LogP contribution in [0.5, 0.6) is 0 Å². The van der Waals surface area contributed by atoms with Gasteiger partial charge in [-0.1, -0.05) is 0 Å². The van der Waals surface area contributed by atoms with Gasteiger partial charge in [-0.2, -0.15) is 0 Å². The number of piperidine rings is 1. The molecule has 2 rings (SSSR count). The van der Waals surface area contributed by atoms with Gasteiger partial charge < -0.3 is 4.90 Å². The number of nitrogens with one attached hydrogen (secondary N) is 2. The molecule has 0 aliphatic carbocycles. The standard InChI is InChI=1S/C8H14N4O5S/c1-18(16,17)10-9-7(13)6-3-2-5-4-11(6)8(14)12(5)15/h5-6,10,15H,2-4H2,1H3,(H,9,13). The highest BCUT2D eigenvalue weighted by atomic mass is 32.2. The van der Waals surface area contributed by atoms with Crippen LogP contribution in [0.3, 0.4) is 0 Å². The average molecular weight is 278 g/mol. The van der Waals surface area contributed by atoms with Crippen molar-refractivity contribution in [3.05, 3.63) is 0 Å². The van der Waals surface area contributed by atoms with E-state index in [4.69, 9.17) is 0 Å². The Labute approximate surface area is 104 Å². The van der Waals surface area contributed by atoms with Crippen molar-refractivity contribution in [3.63, 3.8) is 0 Å². The van der Waals surface area contributed by atoms with E-state index >= 15 is 0 Å². The number of carbonyl (C=O) groups excluding carboxylic acids is 2. The maximum Gasteiger partial charge on any atom is 0.344 e. The van der Waals surface area contributed by atoms with Gasteiger partial charge in [0.1, 0.15) is 6.04 Å². The average Bonchev–Trinajstić information content (AvgIpc) is 2.51. The molecule has 0 aromatic carbocycles. The van der Waals surface area contributed by atoms with E-state index in [1.54, 1.807) is 0 Å². The van der Waals surface area contributed by atoms with Crippen LogP contribution in [0.15, 0.2) is 0 Å². The fourth-order valence-corrected chi connectivity index (χ4v) is 2.44. The molecule has 10 heteroatoms. The van der Waals surface area contributed by atoms with Crippen LogP contribution in [0, 0.1) is 0 Å². The quantitative estimate of drug-likeness (QED) is 0.417. The first-order valence-corrected chi connectivity index (χ1v) is 7.24. The number of nitrogens with zero attached hydrogens (tertiary/aromatic N) is 2. The zero-order valence-corrected chi connectivity index (χ0v) is 10.5. The second-order valence-electron chi connectivity index (χ2n) is 4.39. The van der Waals surface area contributed by atoms with E-state index in [1.165, 1.54) is 4.90 Å². The molecule has 2 aliphatic heterocycles. The third kappa shape index (κ3) is 2.40. The van der Waals surface area contributed by atoms with Crippen LogP contribution in [0.2, 0.25) is 0 Å². The van der Waals surface area contributed by atoms with Crippen molar-refractivity contribution in [1.82, 2.24) is 20.2 Å². The smallest absolute Gasteiger partial charge is 0.309 e. The van der Waals surface area contributed by atoms with Gasteiger partial charge in [0.2, 0.25) is 10.0 Å². The molecule has 2 fully saturated rings. The molecule has 102 valence electrons. The minimum atomic E-state index is -3.54. The molecule has 2 atom stereocenters. The van der Waals surface area contributed by atoms with Crippen molar-refractivity contribution in [2.75, 3.05) is 12.8 Å². The number of fused-ring (bicyclic) bond motifs is 2. The van der Waals surface area contributed by atoms with Crippen LogP contribution in [0.1, 0.15) is 12.8 Å². The molecule has 2 bridgehead atoms. The summed E-state index contributed by atoms with van der Waals surface area (Å²) in [6.07, 6.45) is 1.78. The highest BCUT2D eigenvalue weighted by molar-refractivity contribution is 7.88. The van der Waals surface area contributed by atoms with Gasteiger partial charge in [0.05, 0.1) is 12.3 Å². The monoisotopic (exact) mass is 278 g/mol. The Bertz CT molecular complexity index is 478. The van der Waals surface area contributed by atoms with Gasteiger partial charge in [-0.05, 0) is 12.8 Å². The van der Waals surface area contributed by atoms with Crippen LogP contribution in [-0.4, -0.2) is 60.4 Å². The lowest BCUT2D eigenvalue weighted by molar-refractivity contribution is -0.126. The Morgan fingerprint density at radius 2 is 2.11 bits per heavy atom. The number of hydrazine groups is 1. The van der Waals surface area contributed by atoms with Crippen molar-refractivity contribution < 1.29 is 23.2 Å². The van der Waals surface area contributed by atoms with Crippen molar-refractivity contribution in [3.8, 4) is 0 Å². The minimum Gasteiger partial charge on any atom is -0.309 e. The van der Waals surface area contributed by atoms with Gasteiger partial charge >= 0.3 is 6.03 Å². The van der Waals surface area contributed by atoms with E-state index in [-0.39, 0.29) is 12.6 Å². The molecule has 0 aromatic rings. The van der Waals surface area contributed by atoms with E-state index in [1.807, 2.05) is 10.3 Å². The highest BCUT2D eigenvalue weighted by Gasteiger charge is 2.46. The number of sulfonamides is 1. The number of hydrogen-bond acceptors (Lipinski definition) is 5. The second kappa shape index (κ2) is 4.37. The largest absolute Gasteiger partial charge is 0.344 e. The fourth-order valence-electron chi connectivity index (χ4n) is 2.15. The molecule has 0 spiro atoms. The highest BCUT2D eigenvalue weighted by Crippen LogP contribution is 2.28. The molecule has 0 saturated carbocycles. The first-order chi connectivity index (χ1) is 8.29. The summed E-state index contributed by atoms with van der Waals surface area (Å²) in [7, 11) is -3.54. The predicted molar refractivity (Wildman–Crippen MR) is 58.7 cm³/mol. The molecule has 9 nitrogen and oxygen atoms in total. The van der Waals surface area contributed by atoms with Gasteiger partial charge in [-0.3, -0.25) is 15.4 Å². The molecule has 0 aromatic heterocycles. The summed E-state index contributed by atoms with van der Waals surface area (Å²) in [5.74, 6) is -0.609. The lowest BCUT2D eigenvalue weighted by atomic mass is 10.0. The maximum absolute atomic E-state index is 11.8. The van der Waals surface area contributed by atoms with Crippen LogP contribution in [0.25, 0.3) is 0 Å². The molecular weight excluding hydrogens is 264 g/mol. The first kappa shape index (κ1) is 13.1. The Hall–Kier alpha value is -1.39. The molecule has 2 unspecified atom stereocenters. The Kier molecular flexibility index (Phi) is 3.17. The van der Waals surface area contributed by atoms with Gasteiger partial charge in [0, 0.05) is 6.54 Å². The molecule has 2 heterocycles. The summed E-state index contributed by atoms with van der Waals surface area (Å²) in [6, 6.07) is -1.68. The first-order valence-electron chi connectivity index (χ1n) is 5.35. The fraction of sp³-hybridized carbons (Fsp3) is 0.750. The Morgan fingerprint density at radius 3 is 2.72 bits per heavy atom. The van der Waals surface area contributed by atoms with Crippen molar-refractivity contribution in [1.29, 1.82) is 0 Å². The predicted octanol–water partition coefficient (Wildman–Crippen LogP) is -1.78. The van der Waals surface area contributed by atoms with Crippen molar-refractivity contribution in [2.45, 2.75) is 24.9 Å². The van der Waals surface area contributed by atoms with Gasteiger partial charge in [0.25, 0.3) is 5.91 Å². The van der Waals surface area contributed by atoms with E-state index < -0.39 is 28.0 Å². The molecule has 3 amide bonds. The Morgan fingerprint density at radius 1 is 1.44 bits per heavy atom. The van der Waals surface area contributed by atoms with Gasteiger partial charge in [-0.15, -0.1) is 4.83 Å². The van der Waals surface area contributed by atoms with Crippen LogP contribution < -0.4 is 10.3 Å². The molecular formula is C8H14N4O5S. The van der Waals surface area contributed by atoms with Gasteiger partial charge in [-0.25, -0.2) is 18.3 Å². The van der Waals surface area contributed by atoms with Gasteiger partial charge in [0.15, 0.2) is 0 Å². The summed E-state index contributed by atoms with van der Waals surface area (Å²) >= 11 is 0. The molecule has 3 N–H and O–H groups in total.